The van der Waals surface area contributed by atoms with Gasteiger partial charge in [0.25, 0.3) is 9.05 Å². The summed E-state index contributed by atoms with van der Waals surface area (Å²) in [6.07, 6.45) is 3.35. The third-order valence-electron chi connectivity index (χ3n) is 2.18. The van der Waals surface area contributed by atoms with Gasteiger partial charge in [-0.25, -0.2) is 13.1 Å². The summed E-state index contributed by atoms with van der Waals surface area (Å²) in [5.74, 6) is 0.385. The summed E-state index contributed by atoms with van der Waals surface area (Å²) in [5.41, 5.74) is 0.640. The fraction of sp³-hybridized carbons (Fsp3) is 0.100. The van der Waals surface area contributed by atoms with Gasteiger partial charge >= 0.3 is 0 Å². The lowest BCUT2D eigenvalue weighted by atomic mass is 10.3. The van der Waals surface area contributed by atoms with Crippen molar-refractivity contribution in [1.82, 2.24) is 9.78 Å². The van der Waals surface area contributed by atoms with E-state index >= 15 is 0 Å². The summed E-state index contributed by atoms with van der Waals surface area (Å²) in [7, 11) is 2.95. The number of rotatable bonds is 3. The zero-order chi connectivity index (χ0) is 12.5. The molecule has 1 aromatic carbocycles. The molecule has 0 unspecified atom stereocenters. The molecule has 90 valence electrons. The summed E-state index contributed by atoms with van der Waals surface area (Å²) in [6, 6.07) is 6.11. The normalized spacial score (nSPS) is 11.4. The van der Waals surface area contributed by atoms with Gasteiger partial charge in [-0.15, -0.1) is 0 Å². The molecule has 0 saturated heterocycles. The molecule has 17 heavy (non-hydrogen) atoms. The molecule has 0 aliphatic heterocycles. The van der Waals surface area contributed by atoms with E-state index in [1.165, 1.54) is 19.2 Å². The molecule has 0 bridgehead atoms. The van der Waals surface area contributed by atoms with Crippen molar-refractivity contribution in [3.05, 3.63) is 36.7 Å². The smallest absolute Gasteiger partial charge is 0.261 e. The summed E-state index contributed by atoms with van der Waals surface area (Å²) >= 11 is 0. The number of halogens is 1. The highest BCUT2D eigenvalue weighted by atomic mass is 35.7. The monoisotopic (exact) mass is 272 g/mol. The molecule has 2 aromatic rings. The number of nitrogens with zero attached hydrogens (tertiary/aromatic N) is 2. The van der Waals surface area contributed by atoms with Gasteiger partial charge in [-0.1, -0.05) is 0 Å². The lowest BCUT2D eigenvalue weighted by Gasteiger charge is -2.09. The second kappa shape index (κ2) is 4.38. The number of ether oxygens (including phenoxy) is 1. The Morgan fingerprint density at radius 2 is 2.18 bits per heavy atom. The van der Waals surface area contributed by atoms with Gasteiger partial charge in [0.1, 0.15) is 11.4 Å². The SMILES string of the molecule is COc1cc(S(=O)(=O)Cl)ccc1-n1cccn1. The molecule has 1 heterocycles. The summed E-state index contributed by atoms with van der Waals surface area (Å²) < 4.78 is 29.1. The van der Waals surface area contributed by atoms with Gasteiger partial charge in [-0.2, -0.15) is 5.10 Å². The third-order valence-corrected chi connectivity index (χ3v) is 3.54. The Balaban J connectivity index is 2.58. The van der Waals surface area contributed by atoms with Crippen LogP contribution in [0.3, 0.4) is 0 Å². The van der Waals surface area contributed by atoms with E-state index in [9.17, 15) is 8.42 Å². The molecule has 0 saturated carbocycles. The van der Waals surface area contributed by atoms with Crippen LogP contribution >= 0.6 is 10.7 Å². The van der Waals surface area contributed by atoms with E-state index in [0.29, 0.717) is 11.4 Å². The Morgan fingerprint density at radius 1 is 1.41 bits per heavy atom. The van der Waals surface area contributed by atoms with Crippen molar-refractivity contribution in [3.8, 4) is 11.4 Å². The maximum atomic E-state index is 11.2. The Labute approximate surface area is 103 Å². The second-order valence-corrected chi connectivity index (χ2v) is 5.79. The minimum absolute atomic E-state index is 0.00748. The van der Waals surface area contributed by atoms with Crippen molar-refractivity contribution in [2.24, 2.45) is 0 Å². The van der Waals surface area contributed by atoms with E-state index in [0.717, 1.165) is 0 Å². The molecule has 0 fully saturated rings. The summed E-state index contributed by atoms with van der Waals surface area (Å²) in [6.45, 7) is 0. The van der Waals surface area contributed by atoms with Crippen molar-refractivity contribution >= 4 is 19.7 Å². The number of aromatic nitrogens is 2. The van der Waals surface area contributed by atoms with Crippen molar-refractivity contribution < 1.29 is 13.2 Å². The van der Waals surface area contributed by atoms with E-state index in [4.69, 9.17) is 15.4 Å². The summed E-state index contributed by atoms with van der Waals surface area (Å²) in [4.78, 5) is -0.00748. The number of methoxy groups -OCH3 is 1. The molecule has 7 heteroatoms. The van der Waals surface area contributed by atoms with Gasteiger partial charge in [-0.05, 0) is 18.2 Å². The highest BCUT2D eigenvalue weighted by Gasteiger charge is 2.14. The lowest BCUT2D eigenvalue weighted by molar-refractivity contribution is 0.410. The highest BCUT2D eigenvalue weighted by molar-refractivity contribution is 8.13. The molecule has 0 atom stereocenters. The maximum absolute atomic E-state index is 11.2. The first kappa shape index (κ1) is 11.9. The van der Waals surface area contributed by atoms with Crippen LogP contribution in [0.15, 0.2) is 41.6 Å². The van der Waals surface area contributed by atoms with Crippen LogP contribution < -0.4 is 4.74 Å². The minimum atomic E-state index is -3.76. The molecule has 2 rings (SSSR count). The largest absolute Gasteiger partial charge is 0.494 e. The van der Waals surface area contributed by atoms with Crippen LogP contribution in [-0.2, 0) is 9.05 Å². The van der Waals surface area contributed by atoms with Crippen LogP contribution in [0.1, 0.15) is 0 Å². The van der Waals surface area contributed by atoms with E-state index in [2.05, 4.69) is 5.10 Å². The molecular weight excluding hydrogens is 264 g/mol. The molecule has 0 radical (unpaired) electrons. The predicted octanol–water partition coefficient (Wildman–Crippen LogP) is 1.81. The molecule has 0 aliphatic rings. The number of benzene rings is 1. The van der Waals surface area contributed by atoms with Crippen LogP contribution in [0.25, 0.3) is 5.69 Å². The van der Waals surface area contributed by atoms with Gasteiger partial charge in [0.15, 0.2) is 0 Å². The number of hydrogen-bond donors (Lipinski definition) is 0. The number of hydrogen-bond acceptors (Lipinski definition) is 4. The van der Waals surface area contributed by atoms with Gasteiger partial charge in [0.05, 0.1) is 12.0 Å². The average molecular weight is 273 g/mol. The van der Waals surface area contributed by atoms with Gasteiger partial charge in [0.2, 0.25) is 0 Å². The fourth-order valence-corrected chi connectivity index (χ4v) is 2.18. The van der Waals surface area contributed by atoms with Crippen molar-refractivity contribution in [2.75, 3.05) is 7.11 Å². The van der Waals surface area contributed by atoms with Crippen LogP contribution in [-0.4, -0.2) is 25.3 Å². The van der Waals surface area contributed by atoms with Crippen LogP contribution in [0.5, 0.6) is 5.75 Å². The molecule has 0 aliphatic carbocycles. The highest BCUT2D eigenvalue weighted by Crippen LogP contribution is 2.27. The standard InChI is InChI=1S/C10H9ClN2O3S/c1-16-10-7-8(17(11,14)15)3-4-9(10)13-6-2-5-12-13/h2-7H,1H3. The Bertz CT molecular complexity index is 623. The van der Waals surface area contributed by atoms with Gasteiger partial charge in [-0.3, -0.25) is 0 Å². The van der Waals surface area contributed by atoms with E-state index in [1.54, 1.807) is 29.2 Å². The molecule has 1 aromatic heterocycles. The molecule has 0 N–H and O–H groups in total. The van der Waals surface area contributed by atoms with Crippen LogP contribution in [0.2, 0.25) is 0 Å². The Morgan fingerprint density at radius 3 is 2.71 bits per heavy atom. The quantitative estimate of drug-likeness (QED) is 0.800. The maximum Gasteiger partial charge on any atom is 0.261 e. The van der Waals surface area contributed by atoms with Crippen LogP contribution in [0.4, 0.5) is 0 Å². The van der Waals surface area contributed by atoms with Crippen molar-refractivity contribution in [3.63, 3.8) is 0 Å². The first-order chi connectivity index (χ1) is 8.02. The van der Waals surface area contributed by atoms with E-state index in [1.807, 2.05) is 0 Å². The molecular formula is C10H9ClN2O3S. The van der Waals surface area contributed by atoms with Gasteiger partial charge < -0.3 is 4.74 Å². The fourth-order valence-electron chi connectivity index (χ4n) is 1.41. The first-order valence-corrected chi connectivity index (χ1v) is 6.96. The zero-order valence-electron chi connectivity index (χ0n) is 8.87. The van der Waals surface area contributed by atoms with Crippen molar-refractivity contribution in [1.29, 1.82) is 0 Å². The van der Waals surface area contributed by atoms with Crippen LogP contribution in [0, 0.1) is 0 Å². The average Bonchev–Trinajstić information content (AvgIpc) is 2.80. The zero-order valence-corrected chi connectivity index (χ0v) is 10.4. The van der Waals surface area contributed by atoms with Crippen molar-refractivity contribution in [2.45, 2.75) is 4.90 Å². The Kier molecular flexibility index (Phi) is 3.08. The Hall–Kier alpha value is -1.53. The molecule has 5 nitrogen and oxygen atoms in total. The molecule has 0 spiro atoms. The third kappa shape index (κ3) is 2.42. The minimum Gasteiger partial charge on any atom is -0.494 e. The molecule has 0 amide bonds. The summed E-state index contributed by atoms with van der Waals surface area (Å²) in [5, 5.41) is 4.04. The topological polar surface area (TPSA) is 61.2 Å². The van der Waals surface area contributed by atoms with Gasteiger partial charge in [0, 0.05) is 29.1 Å². The van der Waals surface area contributed by atoms with E-state index < -0.39 is 9.05 Å². The first-order valence-electron chi connectivity index (χ1n) is 4.65. The van der Waals surface area contributed by atoms with E-state index in [-0.39, 0.29) is 4.90 Å². The lowest BCUT2D eigenvalue weighted by Crippen LogP contribution is -2.00. The second-order valence-electron chi connectivity index (χ2n) is 3.22. The predicted molar refractivity (Wildman–Crippen MR) is 63.2 cm³/mol.